The SMILES string of the molecule is C=CCCCCCCCC(=O)N(CCNC(=O)COC(=O)CCCC[C@H]1SC[C@H]2NC(=O)N[C@H]21)CCNC(=O)C(O)C(O)C(O[C@@H]1OC(CO)[C@H](O)[C@H](O)C1O)C(O)CO. The van der Waals surface area contributed by atoms with E-state index in [4.69, 9.17) is 14.2 Å². The summed E-state index contributed by atoms with van der Waals surface area (Å²) in [4.78, 5) is 63.8. The Bertz CT molecular complexity index is 1370. The number of esters is 1. The normalized spacial score (nSPS) is 26.8. The van der Waals surface area contributed by atoms with E-state index in [1.54, 1.807) is 11.8 Å². The molecule has 0 aromatic rings. The van der Waals surface area contributed by atoms with Gasteiger partial charge in [0.2, 0.25) is 5.91 Å². The van der Waals surface area contributed by atoms with Crippen molar-refractivity contribution in [1.82, 2.24) is 26.2 Å². The minimum Gasteiger partial charge on any atom is -0.456 e. The quantitative estimate of drug-likeness (QED) is 0.0150. The average molecular weight is 880 g/mol. The van der Waals surface area contributed by atoms with Gasteiger partial charge >= 0.3 is 12.0 Å². The van der Waals surface area contributed by atoms with E-state index in [9.17, 15) is 64.8 Å². The van der Waals surface area contributed by atoms with Crippen LogP contribution in [0.25, 0.3) is 0 Å². The topological polar surface area (TPSA) is 326 Å². The summed E-state index contributed by atoms with van der Waals surface area (Å²) >= 11 is 1.79. The Kier molecular flexibility index (Phi) is 23.1. The van der Waals surface area contributed by atoms with Gasteiger partial charge in [0, 0.05) is 50.0 Å². The maximum atomic E-state index is 13.2. The zero-order chi connectivity index (χ0) is 44.2. The molecule has 0 saturated carbocycles. The Labute approximate surface area is 353 Å². The highest BCUT2D eigenvalue weighted by molar-refractivity contribution is 8.00. The molecule has 0 spiro atoms. The standard InChI is InChI=1S/C38H65N5O16S/c1-2-3-4-5-6-7-8-12-27(48)43(16-14-39-26(47)20-57-28(49)13-10-9-11-25-29-22(21-60-25)41-38(56)42-29)17-15-40-36(55)33(53)32(52)35(23(46)18-44)59-37-34(54)31(51)30(50)24(19-45)58-37/h2,22-25,29-35,37,44-46,50-54H,1,3-21H2,(H,39,47)(H,40,55)(H2,41,42,56)/t22-,23?,24?,25-,29-,30+,31+,32?,33?,34?,35?,37+/m1/s1. The number of amides is 5. The monoisotopic (exact) mass is 879 g/mol. The van der Waals surface area contributed by atoms with Gasteiger partial charge in [0.05, 0.1) is 25.3 Å². The van der Waals surface area contributed by atoms with Crippen LogP contribution in [0.15, 0.2) is 12.7 Å². The van der Waals surface area contributed by atoms with Crippen molar-refractivity contribution in [1.29, 1.82) is 0 Å². The van der Waals surface area contributed by atoms with Crippen LogP contribution in [0, 0.1) is 0 Å². The fourth-order valence-electron chi connectivity index (χ4n) is 7.06. The second kappa shape index (κ2) is 27.0. The summed E-state index contributed by atoms with van der Waals surface area (Å²) in [6, 6.07) is 0.0486. The van der Waals surface area contributed by atoms with Crippen molar-refractivity contribution in [2.75, 3.05) is 51.8 Å². The molecule has 3 saturated heterocycles. The summed E-state index contributed by atoms with van der Waals surface area (Å²) in [6.45, 7) is 1.05. The molecule has 12 N–H and O–H groups in total. The number of aliphatic hydroxyl groups excluding tert-OH is 8. The first-order chi connectivity index (χ1) is 28.7. The summed E-state index contributed by atoms with van der Waals surface area (Å²) < 4.78 is 15.7. The summed E-state index contributed by atoms with van der Waals surface area (Å²) in [6.07, 6.45) is -7.79. The maximum Gasteiger partial charge on any atom is 0.315 e. The molecule has 0 aromatic carbocycles. The zero-order valence-electron chi connectivity index (χ0n) is 33.8. The lowest BCUT2D eigenvalue weighted by molar-refractivity contribution is -0.326. The Morgan fingerprint density at radius 3 is 2.30 bits per heavy atom. The summed E-state index contributed by atoms with van der Waals surface area (Å²) in [5.74, 6) is -1.70. The third kappa shape index (κ3) is 16.3. The molecule has 3 aliphatic heterocycles. The number of fused-ring (bicyclic) bond motifs is 1. The molecule has 3 fully saturated rings. The van der Waals surface area contributed by atoms with Crippen LogP contribution in [0.3, 0.4) is 0 Å². The van der Waals surface area contributed by atoms with E-state index in [2.05, 4.69) is 27.8 Å². The third-order valence-corrected chi connectivity index (χ3v) is 12.1. The van der Waals surface area contributed by atoms with E-state index in [1.807, 2.05) is 6.08 Å². The molecule has 0 radical (unpaired) electrons. The minimum absolute atomic E-state index is 0.0123. The van der Waals surface area contributed by atoms with Gasteiger partial charge < -0.3 is 81.2 Å². The molecular weight excluding hydrogens is 815 g/mol. The Balaban J connectivity index is 1.46. The molecule has 0 aromatic heterocycles. The van der Waals surface area contributed by atoms with E-state index in [1.165, 1.54) is 4.90 Å². The molecular formula is C38H65N5O16S. The zero-order valence-corrected chi connectivity index (χ0v) is 34.7. The first-order valence-corrected chi connectivity index (χ1v) is 21.7. The van der Waals surface area contributed by atoms with Crippen LogP contribution in [-0.2, 0) is 33.4 Å². The Morgan fingerprint density at radius 2 is 1.60 bits per heavy atom. The number of hydrogen-bond donors (Lipinski definition) is 12. The number of ether oxygens (including phenoxy) is 3. The predicted octanol–water partition coefficient (Wildman–Crippen LogP) is -3.51. The van der Waals surface area contributed by atoms with Crippen molar-refractivity contribution >= 4 is 41.5 Å². The number of carbonyl (C=O) groups excluding carboxylic acids is 5. The molecule has 21 nitrogen and oxygen atoms in total. The van der Waals surface area contributed by atoms with Crippen LogP contribution < -0.4 is 21.3 Å². The van der Waals surface area contributed by atoms with Gasteiger partial charge in [-0.05, 0) is 32.1 Å². The minimum atomic E-state index is -2.29. The third-order valence-electron chi connectivity index (χ3n) is 10.6. The first-order valence-electron chi connectivity index (χ1n) is 20.6. The number of rotatable bonds is 29. The van der Waals surface area contributed by atoms with Gasteiger partial charge in [-0.15, -0.1) is 6.58 Å². The number of urea groups is 1. The van der Waals surface area contributed by atoms with Crippen molar-refractivity contribution in [2.24, 2.45) is 0 Å². The first kappa shape index (κ1) is 51.2. The molecule has 3 heterocycles. The fraction of sp³-hybridized carbons (Fsp3) is 0.816. The van der Waals surface area contributed by atoms with Crippen LogP contribution in [0.1, 0.15) is 70.6 Å². The second-order valence-corrected chi connectivity index (χ2v) is 16.4. The molecule has 0 aliphatic carbocycles. The van der Waals surface area contributed by atoms with Gasteiger partial charge in [0.25, 0.3) is 11.8 Å². The van der Waals surface area contributed by atoms with Crippen molar-refractivity contribution in [2.45, 2.75) is 143 Å². The van der Waals surface area contributed by atoms with E-state index in [0.717, 1.165) is 50.7 Å². The van der Waals surface area contributed by atoms with Crippen LogP contribution in [-0.4, -0.2) is 200 Å². The number of allylic oxidation sites excluding steroid dienone is 1. The Hall–Kier alpha value is -3.16. The molecule has 6 unspecified atom stereocenters. The molecule has 12 atom stereocenters. The van der Waals surface area contributed by atoms with E-state index >= 15 is 0 Å². The molecule has 5 amide bonds. The number of nitrogens with zero attached hydrogens (tertiary/aromatic N) is 1. The van der Waals surface area contributed by atoms with Crippen LogP contribution >= 0.6 is 11.8 Å². The summed E-state index contributed by atoms with van der Waals surface area (Å²) in [5, 5.41) is 92.3. The van der Waals surface area contributed by atoms with Gasteiger partial charge in [-0.3, -0.25) is 19.2 Å². The molecule has 0 bridgehead atoms. The van der Waals surface area contributed by atoms with Gasteiger partial charge in [-0.25, -0.2) is 4.79 Å². The summed E-state index contributed by atoms with van der Waals surface area (Å²) in [5.41, 5.74) is 0. The largest absolute Gasteiger partial charge is 0.456 e. The number of aliphatic hydroxyl groups is 8. The van der Waals surface area contributed by atoms with Gasteiger partial charge in [0.15, 0.2) is 19.0 Å². The Morgan fingerprint density at radius 1 is 0.917 bits per heavy atom. The number of unbranched alkanes of at least 4 members (excludes halogenated alkanes) is 6. The predicted molar refractivity (Wildman–Crippen MR) is 214 cm³/mol. The average Bonchev–Trinajstić information content (AvgIpc) is 3.80. The van der Waals surface area contributed by atoms with Crippen molar-refractivity contribution in [3.8, 4) is 0 Å². The highest BCUT2D eigenvalue weighted by Crippen LogP contribution is 2.33. The highest BCUT2D eigenvalue weighted by Gasteiger charge is 2.47. The number of nitrogens with one attached hydrogen (secondary N) is 4. The van der Waals surface area contributed by atoms with Crippen LogP contribution in [0.5, 0.6) is 0 Å². The molecule has 60 heavy (non-hydrogen) atoms. The number of thioether (sulfide) groups is 1. The summed E-state index contributed by atoms with van der Waals surface area (Å²) in [7, 11) is 0. The highest BCUT2D eigenvalue weighted by atomic mass is 32.2. The lowest BCUT2D eigenvalue weighted by atomic mass is 9.98. The number of carbonyl (C=O) groups is 5. The van der Waals surface area contributed by atoms with Crippen molar-refractivity contribution in [3.63, 3.8) is 0 Å². The molecule has 3 rings (SSSR count). The molecule has 3 aliphatic rings. The second-order valence-electron chi connectivity index (χ2n) is 15.1. The van der Waals surface area contributed by atoms with Gasteiger partial charge in [0.1, 0.15) is 42.7 Å². The van der Waals surface area contributed by atoms with E-state index in [0.29, 0.717) is 12.8 Å². The number of hydrogen-bond acceptors (Lipinski definition) is 17. The smallest absolute Gasteiger partial charge is 0.315 e. The van der Waals surface area contributed by atoms with Gasteiger partial charge in [-0.2, -0.15) is 11.8 Å². The van der Waals surface area contributed by atoms with E-state index < -0.39 is 92.7 Å². The van der Waals surface area contributed by atoms with Gasteiger partial charge in [-0.1, -0.05) is 31.8 Å². The lowest BCUT2D eigenvalue weighted by Crippen LogP contribution is -2.62. The maximum absolute atomic E-state index is 13.2. The van der Waals surface area contributed by atoms with Crippen LogP contribution in [0.4, 0.5) is 4.79 Å². The fourth-order valence-corrected chi connectivity index (χ4v) is 8.61. The van der Waals surface area contributed by atoms with Crippen molar-refractivity contribution in [3.05, 3.63) is 12.7 Å². The van der Waals surface area contributed by atoms with E-state index in [-0.39, 0.29) is 68.3 Å². The van der Waals surface area contributed by atoms with Crippen LogP contribution in [0.2, 0.25) is 0 Å². The molecule has 22 heteroatoms. The molecule has 344 valence electrons. The van der Waals surface area contributed by atoms with Crippen molar-refractivity contribution < 1.29 is 79.0 Å². The lowest BCUT2D eigenvalue weighted by Gasteiger charge is -2.42.